The maximum Gasteiger partial charge on any atom is 0.319 e. The lowest BCUT2D eigenvalue weighted by Crippen LogP contribution is -2.50. The Kier molecular flexibility index (Phi) is 5.33. The Labute approximate surface area is 135 Å². The SMILES string of the molecule is CCCC(C)(CO)NC(=O)Nc1cccc(-c2noc(C)n2)c1. The maximum absolute atomic E-state index is 12.1. The number of urea groups is 1. The molecule has 0 saturated carbocycles. The average Bonchev–Trinajstić information content (AvgIpc) is 2.94. The molecule has 0 bridgehead atoms. The molecule has 1 aromatic heterocycles. The molecule has 3 N–H and O–H groups in total. The summed E-state index contributed by atoms with van der Waals surface area (Å²) in [7, 11) is 0. The second-order valence-corrected chi connectivity index (χ2v) is 5.77. The standard InChI is InChI=1S/C16H22N4O3/c1-4-8-16(3,10-21)19-15(22)18-13-7-5-6-12(9-13)14-17-11(2)23-20-14/h5-7,9,21H,4,8,10H2,1-3H3,(H2,18,19,22). The molecule has 1 heterocycles. The van der Waals surface area contributed by atoms with Crippen LogP contribution in [0.5, 0.6) is 0 Å². The minimum atomic E-state index is -0.638. The van der Waals surface area contributed by atoms with Crippen molar-refractivity contribution < 1.29 is 14.4 Å². The summed E-state index contributed by atoms with van der Waals surface area (Å²) in [6.45, 7) is 5.42. The van der Waals surface area contributed by atoms with Gasteiger partial charge in [-0.3, -0.25) is 0 Å². The van der Waals surface area contributed by atoms with Crippen molar-refractivity contribution in [3.63, 3.8) is 0 Å². The van der Waals surface area contributed by atoms with E-state index in [2.05, 4.69) is 20.8 Å². The van der Waals surface area contributed by atoms with Crippen molar-refractivity contribution >= 4 is 11.7 Å². The number of nitrogens with zero attached hydrogens (tertiary/aromatic N) is 2. The lowest BCUT2D eigenvalue weighted by Gasteiger charge is -2.28. The summed E-state index contributed by atoms with van der Waals surface area (Å²) in [6, 6.07) is 6.80. The van der Waals surface area contributed by atoms with Gasteiger partial charge < -0.3 is 20.3 Å². The first kappa shape index (κ1) is 17.0. The topological polar surface area (TPSA) is 100 Å². The molecule has 2 rings (SSSR count). The summed E-state index contributed by atoms with van der Waals surface area (Å²) in [5, 5.41) is 18.9. The number of anilines is 1. The van der Waals surface area contributed by atoms with Gasteiger partial charge in [0.25, 0.3) is 0 Å². The third-order valence-electron chi connectivity index (χ3n) is 3.47. The highest BCUT2D eigenvalue weighted by atomic mass is 16.5. The van der Waals surface area contributed by atoms with Crippen molar-refractivity contribution in [3.8, 4) is 11.4 Å². The van der Waals surface area contributed by atoms with Crippen LogP contribution in [0.3, 0.4) is 0 Å². The van der Waals surface area contributed by atoms with Gasteiger partial charge in [-0.25, -0.2) is 4.79 Å². The summed E-state index contributed by atoms with van der Waals surface area (Å²) < 4.78 is 4.96. The lowest BCUT2D eigenvalue weighted by molar-refractivity contribution is 0.167. The second kappa shape index (κ2) is 7.23. The van der Waals surface area contributed by atoms with Gasteiger partial charge in [0.2, 0.25) is 11.7 Å². The fourth-order valence-corrected chi connectivity index (χ4v) is 2.32. The van der Waals surface area contributed by atoms with Crippen LogP contribution >= 0.6 is 0 Å². The fraction of sp³-hybridized carbons (Fsp3) is 0.438. The molecule has 0 aliphatic carbocycles. The molecule has 0 fully saturated rings. The normalized spacial score (nSPS) is 13.4. The Morgan fingerprint density at radius 3 is 2.83 bits per heavy atom. The average molecular weight is 318 g/mol. The molecule has 23 heavy (non-hydrogen) atoms. The molecular weight excluding hydrogens is 296 g/mol. The number of aliphatic hydroxyl groups excluding tert-OH is 1. The van der Waals surface area contributed by atoms with Crippen LogP contribution in [-0.2, 0) is 0 Å². The van der Waals surface area contributed by atoms with Gasteiger partial charge in [0.05, 0.1) is 12.1 Å². The molecule has 2 amide bonds. The van der Waals surface area contributed by atoms with Crippen LogP contribution in [0.15, 0.2) is 28.8 Å². The van der Waals surface area contributed by atoms with E-state index in [1.165, 1.54) is 0 Å². The van der Waals surface area contributed by atoms with Crippen molar-refractivity contribution in [3.05, 3.63) is 30.2 Å². The summed E-state index contributed by atoms with van der Waals surface area (Å²) in [4.78, 5) is 16.3. The summed E-state index contributed by atoms with van der Waals surface area (Å²) in [5.41, 5.74) is 0.721. The first-order valence-electron chi connectivity index (χ1n) is 7.56. The van der Waals surface area contributed by atoms with Crippen molar-refractivity contribution in [2.24, 2.45) is 0 Å². The van der Waals surface area contributed by atoms with E-state index in [4.69, 9.17) is 4.52 Å². The van der Waals surface area contributed by atoms with E-state index >= 15 is 0 Å². The van der Waals surface area contributed by atoms with Crippen molar-refractivity contribution in [2.75, 3.05) is 11.9 Å². The third-order valence-corrected chi connectivity index (χ3v) is 3.47. The highest BCUT2D eigenvalue weighted by Crippen LogP contribution is 2.20. The molecule has 7 nitrogen and oxygen atoms in total. The van der Waals surface area contributed by atoms with Gasteiger partial charge in [-0.1, -0.05) is 30.6 Å². The summed E-state index contributed by atoms with van der Waals surface area (Å²) in [5.74, 6) is 0.951. The lowest BCUT2D eigenvalue weighted by atomic mass is 9.98. The van der Waals surface area contributed by atoms with Gasteiger partial charge in [-0.15, -0.1) is 0 Å². The van der Waals surface area contributed by atoms with Gasteiger partial charge in [0.1, 0.15) is 0 Å². The maximum atomic E-state index is 12.1. The molecule has 1 atom stereocenters. The highest BCUT2D eigenvalue weighted by molar-refractivity contribution is 5.90. The quantitative estimate of drug-likeness (QED) is 0.760. The van der Waals surface area contributed by atoms with Gasteiger partial charge in [0.15, 0.2) is 0 Å². The van der Waals surface area contributed by atoms with Crippen molar-refractivity contribution in [2.45, 2.75) is 39.2 Å². The molecule has 2 aromatic rings. The van der Waals surface area contributed by atoms with Crippen LogP contribution in [0.25, 0.3) is 11.4 Å². The molecule has 0 radical (unpaired) electrons. The number of aliphatic hydroxyl groups is 1. The molecular formula is C16H22N4O3. The predicted molar refractivity (Wildman–Crippen MR) is 87.0 cm³/mol. The number of carbonyl (C=O) groups excluding carboxylic acids is 1. The molecule has 0 saturated heterocycles. The minimum absolute atomic E-state index is 0.115. The molecule has 0 spiro atoms. The van der Waals surface area contributed by atoms with Crippen molar-refractivity contribution in [1.82, 2.24) is 15.5 Å². The van der Waals surface area contributed by atoms with Crippen LogP contribution in [0, 0.1) is 6.92 Å². The smallest absolute Gasteiger partial charge is 0.319 e. The van der Waals surface area contributed by atoms with Crippen LogP contribution in [-0.4, -0.2) is 33.4 Å². The van der Waals surface area contributed by atoms with E-state index in [1.807, 2.05) is 19.9 Å². The largest absolute Gasteiger partial charge is 0.394 e. The number of carbonyl (C=O) groups is 1. The number of aryl methyl sites for hydroxylation is 1. The van der Waals surface area contributed by atoms with Crippen LogP contribution in [0.4, 0.5) is 10.5 Å². The van der Waals surface area contributed by atoms with Gasteiger partial charge in [0, 0.05) is 18.2 Å². The number of rotatable bonds is 6. The van der Waals surface area contributed by atoms with Crippen LogP contribution in [0.1, 0.15) is 32.6 Å². The first-order valence-corrected chi connectivity index (χ1v) is 7.56. The van der Waals surface area contributed by atoms with Gasteiger partial charge in [-0.2, -0.15) is 4.98 Å². The summed E-state index contributed by atoms with van der Waals surface area (Å²) >= 11 is 0. The molecule has 7 heteroatoms. The predicted octanol–water partition coefficient (Wildman–Crippen LogP) is 2.72. The van der Waals surface area contributed by atoms with Gasteiger partial charge in [-0.05, 0) is 25.5 Å². The molecule has 1 unspecified atom stereocenters. The first-order chi connectivity index (χ1) is 11.0. The Balaban J connectivity index is 2.07. The minimum Gasteiger partial charge on any atom is -0.394 e. The van der Waals surface area contributed by atoms with E-state index in [0.717, 1.165) is 12.0 Å². The van der Waals surface area contributed by atoms with E-state index in [1.54, 1.807) is 25.1 Å². The zero-order chi connectivity index (χ0) is 16.9. The van der Waals surface area contributed by atoms with E-state index < -0.39 is 5.54 Å². The Morgan fingerprint density at radius 1 is 1.43 bits per heavy atom. The zero-order valence-electron chi connectivity index (χ0n) is 13.6. The monoisotopic (exact) mass is 318 g/mol. The number of amides is 2. The Bertz CT molecular complexity index is 671. The molecule has 0 aliphatic rings. The van der Waals surface area contributed by atoms with E-state index in [0.29, 0.717) is 23.8 Å². The van der Waals surface area contributed by atoms with Crippen molar-refractivity contribution in [1.29, 1.82) is 0 Å². The highest BCUT2D eigenvalue weighted by Gasteiger charge is 2.24. The number of nitrogens with one attached hydrogen (secondary N) is 2. The molecule has 124 valence electrons. The Hall–Kier alpha value is -2.41. The van der Waals surface area contributed by atoms with E-state index in [9.17, 15) is 9.90 Å². The van der Waals surface area contributed by atoms with Gasteiger partial charge >= 0.3 is 6.03 Å². The third kappa shape index (κ3) is 4.53. The number of hydrogen-bond donors (Lipinski definition) is 3. The second-order valence-electron chi connectivity index (χ2n) is 5.77. The fourth-order valence-electron chi connectivity index (χ4n) is 2.32. The molecule has 1 aromatic carbocycles. The number of benzene rings is 1. The Morgan fingerprint density at radius 2 is 2.22 bits per heavy atom. The van der Waals surface area contributed by atoms with Crippen LogP contribution < -0.4 is 10.6 Å². The number of hydrogen-bond acceptors (Lipinski definition) is 5. The number of aromatic nitrogens is 2. The summed E-state index contributed by atoms with van der Waals surface area (Å²) in [6.07, 6.45) is 1.56. The van der Waals surface area contributed by atoms with Crippen LogP contribution in [0.2, 0.25) is 0 Å². The molecule has 0 aliphatic heterocycles. The van der Waals surface area contributed by atoms with E-state index in [-0.39, 0.29) is 12.6 Å². The zero-order valence-corrected chi connectivity index (χ0v) is 13.6.